The minimum atomic E-state index is -0.787. The number of aryl methyl sites for hydroxylation is 1. The molecule has 2 aliphatic heterocycles. The van der Waals surface area contributed by atoms with Gasteiger partial charge in [-0.15, -0.1) is 0 Å². The minimum absolute atomic E-state index is 0.189. The first-order valence-corrected chi connectivity index (χ1v) is 13.9. The Morgan fingerprint density at radius 1 is 1.14 bits per heavy atom. The van der Waals surface area contributed by atoms with Crippen molar-refractivity contribution in [3.05, 3.63) is 81.9 Å². The number of carbonyl (C=O) groups excluding carboxylic acids is 1. The van der Waals surface area contributed by atoms with Crippen LogP contribution in [0.1, 0.15) is 53.1 Å². The highest BCUT2D eigenvalue weighted by Gasteiger charge is 2.32. The van der Waals surface area contributed by atoms with Crippen LogP contribution in [0, 0.1) is 6.92 Å². The van der Waals surface area contributed by atoms with Crippen molar-refractivity contribution in [3.63, 3.8) is 0 Å². The van der Waals surface area contributed by atoms with Crippen LogP contribution in [0.3, 0.4) is 0 Å². The normalized spacial score (nSPS) is 18.2. The van der Waals surface area contributed by atoms with Gasteiger partial charge in [0.2, 0.25) is 0 Å². The summed E-state index contributed by atoms with van der Waals surface area (Å²) in [6.45, 7) is 6.09. The van der Waals surface area contributed by atoms with Crippen LogP contribution >= 0.6 is 0 Å². The molecule has 0 spiro atoms. The predicted molar refractivity (Wildman–Crippen MR) is 148 cm³/mol. The molecule has 3 aromatic rings. The Kier molecular flexibility index (Phi) is 7.02. The second-order valence-corrected chi connectivity index (χ2v) is 11.1. The largest absolute Gasteiger partial charge is 0.466 e. The number of rotatable bonds is 7. The second-order valence-electron chi connectivity index (χ2n) is 9.57. The van der Waals surface area contributed by atoms with Crippen LogP contribution in [-0.4, -0.2) is 34.0 Å². The molecule has 1 fully saturated rings. The highest BCUT2D eigenvalue weighted by molar-refractivity contribution is 7.86. The summed E-state index contributed by atoms with van der Waals surface area (Å²) in [6.07, 6.45) is 0.775. The van der Waals surface area contributed by atoms with Gasteiger partial charge in [-0.2, -0.15) is 5.10 Å². The summed E-state index contributed by atoms with van der Waals surface area (Å²) in [5, 5.41) is 4.71. The molecule has 0 bridgehead atoms. The van der Waals surface area contributed by atoms with Gasteiger partial charge < -0.3 is 15.2 Å². The van der Waals surface area contributed by atoms with Crippen molar-refractivity contribution in [2.45, 2.75) is 39.5 Å². The van der Waals surface area contributed by atoms with Crippen molar-refractivity contribution < 1.29 is 18.5 Å². The first kappa shape index (κ1) is 25.0. The summed E-state index contributed by atoms with van der Waals surface area (Å²) in [6, 6.07) is 15.7. The number of nitrogen functional groups attached to an aromatic ring is 1. The molecule has 0 aromatic heterocycles. The molecule has 37 heavy (non-hydrogen) atoms. The van der Waals surface area contributed by atoms with E-state index in [4.69, 9.17) is 20.3 Å². The van der Waals surface area contributed by atoms with Crippen molar-refractivity contribution in [1.29, 1.82) is 0 Å². The Balaban J connectivity index is 1.54. The number of ether oxygens (including phenoxy) is 2. The number of fused-ring (bicyclic) bond motifs is 2. The molecule has 8 heteroatoms. The number of anilines is 2. The van der Waals surface area contributed by atoms with Crippen LogP contribution in [0.15, 0.2) is 53.6 Å². The van der Waals surface area contributed by atoms with Crippen LogP contribution in [0.2, 0.25) is 0 Å². The number of hydrazone groups is 1. The van der Waals surface area contributed by atoms with Gasteiger partial charge in [0.05, 0.1) is 24.4 Å². The van der Waals surface area contributed by atoms with Gasteiger partial charge in [0, 0.05) is 51.5 Å². The molecule has 7 nitrogen and oxygen atoms in total. The lowest BCUT2D eigenvalue weighted by atomic mass is 9.89. The van der Waals surface area contributed by atoms with E-state index in [0.29, 0.717) is 30.2 Å². The highest BCUT2D eigenvalue weighted by atomic mass is 32.2. The molecule has 3 N–H and O–H groups in total. The summed E-state index contributed by atoms with van der Waals surface area (Å²) >= 11 is 0. The molecule has 0 unspecified atom stereocenters. The van der Waals surface area contributed by atoms with E-state index in [-0.39, 0.29) is 18.3 Å². The number of nitrogens with two attached hydrogens (primary N) is 1. The molecular weight excluding hydrogens is 486 g/mol. The van der Waals surface area contributed by atoms with Crippen molar-refractivity contribution in [3.8, 4) is 11.5 Å². The van der Waals surface area contributed by atoms with Crippen molar-refractivity contribution >= 4 is 33.9 Å². The average Bonchev–Trinajstić information content (AvgIpc) is 2.84. The van der Waals surface area contributed by atoms with Gasteiger partial charge in [-0.3, -0.25) is 14.4 Å². The maximum atomic E-state index is 12.3. The molecule has 3 aromatic carbocycles. The van der Waals surface area contributed by atoms with Gasteiger partial charge in [0.15, 0.2) is 0 Å². The number of nitrogens with zero attached hydrogens (tertiary/aromatic N) is 1. The Labute approximate surface area is 219 Å². The van der Waals surface area contributed by atoms with Gasteiger partial charge in [-0.1, -0.05) is 24.3 Å². The topological polar surface area (TPSA) is 103 Å². The van der Waals surface area contributed by atoms with Gasteiger partial charge in [0.1, 0.15) is 11.5 Å². The lowest BCUT2D eigenvalue weighted by Crippen LogP contribution is -2.29. The van der Waals surface area contributed by atoms with E-state index >= 15 is 0 Å². The minimum Gasteiger partial charge on any atom is -0.466 e. The van der Waals surface area contributed by atoms with Gasteiger partial charge in [-0.05, 0) is 67.3 Å². The zero-order valence-electron chi connectivity index (χ0n) is 21.3. The zero-order valence-corrected chi connectivity index (χ0v) is 22.1. The molecule has 5 rings (SSSR count). The standard InChI is InChI=1S/C29H31N3O4S/c1-4-35-28(33)13-20-11-17(2)12-27-24(20)14-25-26(36-27)10-9-23(21-15-37(34)16-21)29(25)32-31-18(3)19-5-7-22(30)8-6-19/h5-12,21,32H,4,13-16,30H2,1-3H3. The summed E-state index contributed by atoms with van der Waals surface area (Å²) in [4.78, 5) is 12.3. The Morgan fingerprint density at radius 2 is 1.89 bits per heavy atom. The SMILES string of the molecule is CCOC(=O)Cc1cc(C)cc2c1Cc1c(ccc(C3CS(=O)C3)c1NN=C(C)c1ccc(N)cc1)O2. The lowest BCUT2D eigenvalue weighted by Gasteiger charge is -2.31. The molecule has 0 radical (unpaired) electrons. The highest BCUT2D eigenvalue weighted by Crippen LogP contribution is 2.46. The van der Waals surface area contributed by atoms with E-state index in [1.165, 1.54) is 0 Å². The predicted octanol–water partition coefficient (Wildman–Crippen LogP) is 5.06. The summed E-state index contributed by atoms with van der Waals surface area (Å²) in [7, 11) is -0.787. The number of hydrogen-bond donors (Lipinski definition) is 2. The summed E-state index contributed by atoms with van der Waals surface area (Å²) in [5.74, 6) is 2.73. The number of nitrogens with one attached hydrogen (secondary N) is 1. The quantitative estimate of drug-likeness (QED) is 0.154. The first-order valence-electron chi connectivity index (χ1n) is 12.4. The fourth-order valence-corrected chi connectivity index (χ4v) is 6.03. The molecule has 192 valence electrons. The monoisotopic (exact) mass is 517 g/mol. The summed E-state index contributed by atoms with van der Waals surface area (Å²) in [5.41, 5.74) is 17.5. The average molecular weight is 518 g/mol. The van der Waals surface area contributed by atoms with E-state index < -0.39 is 10.8 Å². The second kappa shape index (κ2) is 10.4. The molecular formula is C29H31N3O4S. The fourth-order valence-electron chi connectivity index (χ4n) is 4.87. The van der Waals surface area contributed by atoms with Crippen LogP contribution in [-0.2, 0) is 33.2 Å². The number of hydrogen-bond acceptors (Lipinski definition) is 7. The molecule has 2 aliphatic rings. The van der Waals surface area contributed by atoms with Crippen LogP contribution in [0.25, 0.3) is 0 Å². The summed E-state index contributed by atoms with van der Waals surface area (Å²) < 4.78 is 23.5. The van der Waals surface area contributed by atoms with Gasteiger partial charge >= 0.3 is 5.97 Å². The fraction of sp³-hybridized carbons (Fsp3) is 0.310. The van der Waals surface area contributed by atoms with Crippen LogP contribution in [0.4, 0.5) is 11.4 Å². The van der Waals surface area contributed by atoms with E-state index in [1.54, 1.807) is 0 Å². The molecule has 0 saturated carbocycles. The van der Waals surface area contributed by atoms with E-state index in [1.807, 2.05) is 63.2 Å². The molecule has 0 atom stereocenters. The maximum Gasteiger partial charge on any atom is 0.310 e. The van der Waals surface area contributed by atoms with Crippen molar-refractivity contribution in [2.24, 2.45) is 5.10 Å². The Hall–Kier alpha value is -3.65. The molecule has 1 saturated heterocycles. The van der Waals surface area contributed by atoms with Crippen LogP contribution in [0.5, 0.6) is 11.5 Å². The van der Waals surface area contributed by atoms with E-state index in [9.17, 15) is 9.00 Å². The molecule has 2 heterocycles. The van der Waals surface area contributed by atoms with Gasteiger partial charge in [-0.25, -0.2) is 0 Å². The third kappa shape index (κ3) is 5.25. The molecule has 0 amide bonds. The number of benzene rings is 3. The third-order valence-electron chi connectivity index (χ3n) is 6.84. The zero-order chi connectivity index (χ0) is 26.1. The maximum absolute atomic E-state index is 12.3. The van der Waals surface area contributed by atoms with Crippen LogP contribution < -0.4 is 15.9 Å². The number of carbonyl (C=O) groups is 1. The van der Waals surface area contributed by atoms with Crippen molar-refractivity contribution in [1.82, 2.24) is 0 Å². The third-order valence-corrected chi connectivity index (χ3v) is 8.39. The van der Waals surface area contributed by atoms with E-state index in [0.717, 1.165) is 56.3 Å². The first-order chi connectivity index (χ1) is 17.8. The smallest absolute Gasteiger partial charge is 0.310 e. The molecule has 0 aliphatic carbocycles. The lowest BCUT2D eigenvalue weighted by molar-refractivity contribution is -0.142. The van der Waals surface area contributed by atoms with E-state index in [2.05, 4.69) is 11.5 Å². The Bertz CT molecular complexity index is 1410. The Morgan fingerprint density at radius 3 is 2.59 bits per heavy atom. The van der Waals surface area contributed by atoms with Gasteiger partial charge in [0.25, 0.3) is 0 Å². The number of esters is 1. The van der Waals surface area contributed by atoms with Crippen molar-refractivity contribution in [2.75, 3.05) is 29.3 Å².